The summed E-state index contributed by atoms with van der Waals surface area (Å²) in [6, 6.07) is 0. The van der Waals surface area contributed by atoms with Crippen LogP contribution in [0.2, 0.25) is 0 Å². The van der Waals surface area contributed by atoms with Gasteiger partial charge >= 0.3 is 5.97 Å². The summed E-state index contributed by atoms with van der Waals surface area (Å²) in [6.45, 7) is 4.90. The van der Waals surface area contributed by atoms with Gasteiger partial charge in [0, 0.05) is 13.0 Å². The first-order valence-electron chi connectivity index (χ1n) is 16.7. The van der Waals surface area contributed by atoms with Gasteiger partial charge in [-0.1, -0.05) is 161 Å². The molecule has 2 N–H and O–H groups in total. The monoisotopic (exact) mass is 525 g/mol. The van der Waals surface area contributed by atoms with Gasteiger partial charge in [0.15, 0.2) is 0 Å². The average molecular weight is 525 g/mol. The van der Waals surface area contributed by atoms with Crippen molar-refractivity contribution < 1.29 is 15.0 Å². The van der Waals surface area contributed by atoms with Crippen molar-refractivity contribution in [1.82, 2.24) is 0 Å². The maximum atomic E-state index is 10.3. The van der Waals surface area contributed by atoms with Gasteiger partial charge in [-0.3, -0.25) is 4.79 Å². The quantitative estimate of drug-likeness (QED) is 0.0755. The van der Waals surface area contributed by atoms with Crippen LogP contribution in [0.25, 0.3) is 0 Å². The first-order chi connectivity index (χ1) is 18.2. The highest BCUT2D eigenvalue weighted by molar-refractivity contribution is 5.66. The Hall–Kier alpha value is -0.830. The molecule has 0 aromatic heterocycles. The number of aliphatic carboxylic acids is 1. The number of aliphatic hydroxyl groups excluding tert-OH is 1. The lowest BCUT2D eigenvalue weighted by Crippen LogP contribution is -1.93. The lowest BCUT2D eigenvalue weighted by Gasteiger charge is -2.03. The van der Waals surface area contributed by atoms with Crippen LogP contribution < -0.4 is 0 Å². The second kappa shape index (κ2) is 37.3. The van der Waals surface area contributed by atoms with E-state index >= 15 is 0 Å². The lowest BCUT2D eigenvalue weighted by molar-refractivity contribution is -0.137. The van der Waals surface area contributed by atoms with E-state index in [9.17, 15) is 4.79 Å². The second-order valence-electron chi connectivity index (χ2n) is 11.0. The second-order valence-corrected chi connectivity index (χ2v) is 11.0. The fourth-order valence-electron chi connectivity index (χ4n) is 4.65. The Morgan fingerprint density at radius 2 is 0.757 bits per heavy atom. The third-order valence-corrected chi connectivity index (χ3v) is 7.16. The Morgan fingerprint density at radius 1 is 0.459 bits per heavy atom. The molecule has 0 saturated heterocycles. The molecule has 0 atom stereocenters. The molecule has 0 aromatic carbocycles. The molecule has 0 aromatic rings. The van der Waals surface area contributed by atoms with E-state index < -0.39 is 5.97 Å². The van der Waals surface area contributed by atoms with Crippen LogP contribution in [0.5, 0.6) is 0 Å². The van der Waals surface area contributed by atoms with Gasteiger partial charge in [-0.15, -0.1) is 0 Å². The third kappa shape index (κ3) is 42.5. The van der Waals surface area contributed by atoms with Gasteiger partial charge in [0.2, 0.25) is 0 Å². The number of carbonyl (C=O) groups is 1. The Kier molecular flexibility index (Phi) is 38.7. The SMILES string of the molecule is CCCCCCC=CCCCCCCCC(=O)O.CCCCCCCCCCCCCCCCCCO. The molecule has 0 saturated carbocycles. The molecule has 0 unspecified atom stereocenters. The molecule has 0 spiro atoms. The number of hydrogen-bond acceptors (Lipinski definition) is 2. The van der Waals surface area contributed by atoms with Gasteiger partial charge < -0.3 is 10.2 Å². The smallest absolute Gasteiger partial charge is 0.303 e. The van der Waals surface area contributed by atoms with Crippen molar-refractivity contribution >= 4 is 5.97 Å². The molecule has 37 heavy (non-hydrogen) atoms. The lowest BCUT2D eigenvalue weighted by atomic mass is 10.0. The summed E-state index contributed by atoms with van der Waals surface area (Å²) in [5.74, 6) is -0.666. The predicted octanol–water partition coefficient (Wildman–Crippen LogP) is 11.6. The van der Waals surface area contributed by atoms with Crippen LogP contribution >= 0.6 is 0 Å². The van der Waals surface area contributed by atoms with E-state index in [1.54, 1.807) is 0 Å². The molecular formula is C34H68O3. The molecule has 0 aliphatic carbocycles. The predicted molar refractivity (Wildman–Crippen MR) is 164 cm³/mol. The van der Waals surface area contributed by atoms with Crippen LogP contribution in [0.1, 0.15) is 194 Å². The number of rotatable bonds is 29. The minimum atomic E-state index is -0.666. The van der Waals surface area contributed by atoms with Gasteiger partial charge in [0.05, 0.1) is 0 Å². The van der Waals surface area contributed by atoms with Gasteiger partial charge in [0.25, 0.3) is 0 Å². The van der Waals surface area contributed by atoms with Gasteiger partial charge in [-0.25, -0.2) is 0 Å². The van der Waals surface area contributed by atoms with E-state index in [4.69, 9.17) is 10.2 Å². The van der Waals surface area contributed by atoms with Crippen LogP contribution in [-0.2, 0) is 4.79 Å². The van der Waals surface area contributed by atoms with Gasteiger partial charge in [-0.2, -0.15) is 0 Å². The molecule has 0 aliphatic heterocycles. The van der Waals surface area contributed by atoms with Crippen molar-refractivity contribution in [3.8, 4) is 0 Å². The zero-order valence-corrected chi connectivity index (χ0v) is 25.5. The summed E-state index contributed by atoms with van der Waals surface area (Å²) in [5.41, 5.74) is 0. The first kappa shape index (κ1) is 38.3. The van der Waals surface area contributed by atoms with Crippen LogP contribution in [0.15, 0.2) is 12.2 Å². The van der Waals surface area contributed by atoms with E-state index in [1.807, 2.05) is 0 Å². The van der Waals surface area contributed by atoms with Crippen molar-refractivity contribution in [2.75, 3.05) is 6.61 Å². The van der Waals surface area contributed by atoms with E-state index in [0.29, 0.717) is 13.0 Å². The molecule has 0 fully saturated rings. The summed E-state index contributed by atoms with van der Waals surface area (Å²) in [7, 11) is 0. The largest absolute Gasteiger partial charge is 0.481 e. The molecular weight excluding hydrogens is 456 g/mol. The zero-order valence-electron chi connectivity index (χ0n) is 25.5. The summed E-state index contributed by atoms with van der Waals surface area (Å²) < 4.78 is 0. The zero-order chi connectivity index (χ0) is 27.5. The van der Waals surface area contributed by atoms with E-state index in [2.05, 4.69) is 26.0 Å². The topological polar surface area (TPSA) is 57.5 Å². The van der Waals surface area contributed by atoms with E-state index in [1.165, 1.54) is 154 Å². The summed E-state index contributed by atoms with van der Waals surface area (Å²) in [6.07, 6.45) is 40.5. The summed E-state index contributed by atoms with van der Waals surface area (Å²) in [5, 5.41) is 17.2. The Bertz CT molecular complexity index is 417. The molecule has 222 valence electrons. The van der Waals surface area contributed by atoms with Crippen LogP contribution in [0.4, 0.5) is 0 Å². The van der Waals surface area contributed by atoms with Crippen molar-refractivity contribution in [3.05, 3.63) is 12.2 Å². The fourth-order valence-corrected chi connectivity index (χ4v) is 4.65. The standard InChI is InChI=1S/C18H38O.C16H30O2/c1-2-3-4-5-6-7-8-9-10-11-12-13-14-15-16-17-18-19;1-2-3-4-5-6-7-8-9-10-11-12-13-14-15-16(17)18/h19H,2-18H2,1H3;7-8H,2-6,9-15H2,1H3,(H,17,18). The summed E-state index contributed by atoms with van der Waals surface area (Å²) >= 11 is 0. The Balaban J connectivity index is 0. The van der Waals surface area contributed by atoms with Crippen molar-refractivity contribution in [2.45, 2.75) is 194 Å². The first-order valence-corrected chi connectivity index (χ1v) is 16.7. The molecule has 3 heteroatoms. The molecule has 3 nitrogen and oxygen atoms in total. The highest BCUT2D eigenvalue weighted by atomic mass is 16.4. The molecule has 0 rings (SSSR count). The number of aliphatic hydroxyl groups is 1. The fraction of sp³-hybridized carbons (Fsp3) is 0.912. The Morgan fingerprint density at radius 3 is 1.11 bits per heavy atom. The van der Waals surface area contributed by atoms with Crippen LogP contribution in [-0.4, -0.2) is 22.8 Å². The number of carboxylic acid groups (broad SMARTS) is 1. The third-order valence-electron chi connectivity index (χ3n) is 7.16. The average Bonchev–Trinajstić information content (AvgIpc) is 2.89. The van der Waals surface area contributed by atoms with Gasteiger partial charge in [-0.05, 0) is 38.5 Å². The van der Waals surface area contributed by atoms with Crippen LogP contribution in [0.3, 0.4) is 0 Å². The molecule has 0 bridgehead atoms. The van der Waals surface area contributed by atoms with Crippen molar-refractivity contribution in [3.63, 3.8) is 0 Å². The number of allylic oxidation sites excluding steroid dienone is 2. The van der Waals surface area contributed by atoms with Crippen LogP contribution in [0, 0.1) is 0 Å². The highest BCUT2D eigenvalue weighted by Crippen LogP contribution is 2.13. The number of unbranched alkanes of at least 4 members (excludes halogenated alkanes) is 24. The molecule has 0 radical (unpaired) electrons. The van der Waals surface area contributed by atoms with Crippen molar-refractivity contribution in [2.24, 2.45) is 0 Å². The number of carboxylic acids is 1. The minimum Gasteiger partial charge on any atom is -0.481 e. The Labute approximate surface area is 233 Å². The number of hydrogen-bond donors (Lipinski definition) is 2. The molecule has 0 amide bonds. The maximum Gasteiger partial charge on any atom is 0.303 e. The van der Waals surface area contributed by atoms with E-state index in [0.717, 1.165) is 19.3 Å². The highest BCUT2D eigenvalue weighted by Gasteiger charge is 1.96. The molecule has 0 aliphatic rings. The minimum absolute atomic E-state index is 0.331. The van der Waals surface area contributed by atoms with Gasteiger partial charge in [0.1, 0.15) is 0 Å². The van der Waals surface area contributed by atoms with Crippen molar-refractivity contribution in [1.29, 1.82) is 0 Å². The van der Waals surface area contributed by atoms with E-state index in [-0.39, 0.29) is 0 Å². The maximum absolute atomic E-state index is 10.3. The normalized spacial score (nSPS) is 11.1. The molecule has 0 heterocycles. The summed E-state index contributed by atoms with van der Waals surface area (Å²) in [4.78, 5) is 10.3.